The SMILES string of the molecule is CC.CC(=N)c1cc(OC2CCCc3cc(C#N)cnc32)ccc1NC(=O)OC(C)(C)C. The van der Waals surface area contributed by atoms with Crippen LogP contribution >= 0.6 is 0 Å². The Balaban J connectivity index is 0.00000176. The Morgan fingerprint density at radius 3 is 2.62 bits per heavy atom. The summed E-state index contributed by atoms with van der Waals surface area (Å²) in [7, 11) is 0. The number of carbonyl (C=O) groups is 1. The molecule has 0 bridgehead atoms. The zero-order chi connectivity index (χ0) is 23.9. The number of hydrogen-bond acceptors (Lipinski definition) is 6. The molecule has 0 aliphatic heterocycles. The summed E-state index contributed by atoms with van der Waals surface area (Å²) >= 11 is 0. The van der Waals surface area contributed by atoms with Gasteiger partial charge in [0.1, 0.15) is 23.5 Å². The largest absolute Gasteiger partial charge is 0.484 e. The fourth-order valence-corrected chi connectivity index (χ4v) is 3.40. The van der Waals surface area contributed by atoms with Gasteiger partial charge in [-0.25, -0.2) is 4.79 Å². The molecule has 0 saturated carbocycles. The summed E-state index contributed by atoms with van der Waals surface area (Å²) in [6, 6.07) is 9.21. The molecule has 1 aliphatic rings. The molecule has 0 spiro atoms. The van der Waals surface area contributed by atoms with Gasteiger partial charge >= 0.3 is 6.09 Å². The van der Waals surface area contributed by atoms with E-state index in [1.54, 1.807) is 52.1 Å². The van der Waals surface area contributed by atoms with Crippen LogP contribution in [0.25, 0.3) is 0 Å². The second-order valence-electron chi connectivity index (χ2n) is 8.34. The number of hydrogen-bond donors (Lipinski definition) is 2. The first-order chi connectivity index (χ1) is 15.2. The molecule has 1 unspecified atom stereocenters. The lowest BCUT2D eigenvalue weighted by atomic mass is 9.92. The Kier molecular flexibility index (Phi) is 8.36. The minimum absolute atomic E-state index is 0.218. The summed E-state index contributed by atoms with van der Waals surface area (Å²) in [6.07, 6.45) is 3.43. The van der Waals surface area contributed by atoms with E-state index in [4.69, 9.17) is 20.1 Å². The van der Waals surface area contributed by atoms with E-state index in [0.29, 0.717) is 28.3 Å². The van der Waals surface area contributed by atoms with Gasteiger partial charge in [-0.1, -0.05) is 13.8 Å². The number of anilines is 1. The number of nitriles is 1. The van der Waals surface area contributed by atoms with Crippen molar-refractivity contribution in [1.29, 1.82) is 10.7 Å². The molecule has 7 nitrogen and oxygen atoms in total. The molecule has 1 heterocycles. The van der Waals surface area contributed by atoms with Gasteiger partial charge in [0.25, 0.3) is 0 Å². The smallest absolute Gasteiger partial charge is 0.412 e. The van der Waals surface area contributed by atoms with Crippen molar-refractivity contribution < 1.29 is 14.3 Å². The lowest BCUT2D eigenvalue weighted by Crippen LogP contribution is -2.27. The second kappa shape index (κ2) is 10.8. The van der Waals surface area contributed by atoms with Crippen molar-refractivity contribution in [3.05, 3.63) is 52.8 Å². The zero-order valence-electron chi connectivity index (χ0n) is 19.7. The molecular weight excluding hydrogens is 404 g/mol. The number of amides is 1. The van der Waals surface area contributed by atoms with Gasteiger partial charge in [0, 0.05) is 17.5 Å². The molecule has 0 fully saturated rings. The van der Waals surface area contributed by atoms with Gasteiger partial charge in [-0.05, 0) is 76.8 Å². The van der Waals surface area contributed by atoms with Crippen molar-refractivity contribution in [3.63, 3.8) is 0 Å². The van der Waals surface area contributed by atoms with Crippen molar-refractivity contribution >= 4 is 17.5 Å². The molecule has 0 radical (unpaired) electrons. The monoisotopic (exact) mass is 436 g/mol. The number of rotatable bonds is 4. The van der Waals surface area contributed by atoms with Gasteiger partial charge in [0.05, 0.1) is 16.9 Å². The molecule has 3 rings (SSSR count). The normalized spacial score (nSPS) is 14.7. The Labute approximate surface area is 190 Å². The molecule has 1 aromatic heterocycles. The number of aromatic nitrogens is 1. The van der Waals surface area contributed by atoms with Crippen LogP contribution in [0.1, 0.15) is 82.9 Å². The van der Waals surface area contributed by atoms with E-state index >= 15 is 0 Å². The standard InChI is InChI=1S/C23H26N4O3.C2H6/c1-14(25)18-11-17(8-9-19(18)27-22(28)30-23(2,3)4)29-20-7-5-6-16-10-15(12-24)13-26-21(16)20;1-2/h8-11,13,20,25H,5-7H2,1-4H3,(H,27,28);1-2H3. The molecule has 1 aromatic carbocycles. The summed E-state index contributed by atoms with van der Waals surface area (Å²) < 4.78 is 11.5. The Bertz CT molecular complexity index is 1020. The average Bonchev–Trinajstić information content (AvgIpc) is 2.74. The molecule has 7 heteroatoms. The van der Waals surface area contributed by atoms with Crippen LogP contribution in [0, 0.1) is 16.7 Å². The van der Waals surface area contributed by atoms with E-state index < -0.39 is 11.7 Å². The van der Waals surface area contributed by atoms with E-state index in [0.717, 1.165) is 30.5 Å². The third-order valence-corrected chi connectivity index (χ3v) is 4.66. The summed E-state index contributed by atoms with van der Waals surface area (Å²) in [5, 5.41) is 19.9. The number of pyridine rings is 1. The van der Waals surface area contributed by atoms with Crippen molar-refractivity contribution in [3.8, 4) is 11.8 Å². The number of fused-ring (bicyclic) bond motifs is 1. The number of carbonyl (C=O) groups excluding carboxylic acids is 1. The highest BCUT2D eigenvalue weighted by atomic mass is 16.6. The molecule has 170 valence electrons. The summed E-state index contributed by atoms with van der Waals surface area (Å²) in [4.78, 5) is 16.6. The van der Waals surface area contributed by atoms with Crippen LogP contribution < -0.4 is 10.1 Å². The van der Waals surface area contributed by atoms with Crippen molar-refractivity contribution in [2.24, 2.45) is 0 Å². The highest BCUT2D eigenvalue weighted by molar-refractivity contribution is 6.04. The highest BCUT2D eigenvalue weighted by Gasteiger charge is 2.24. The van der Waals surface area contributed by atoms with Crippen molar-refractivity contribution in [1.82, 2.24) is 4.98 Å². The fourth-order valence-electron chi connectivity index (χ4n) is 3.40. The molecular formula is C25H32N4O3. The topological polar surface area (TPSA) is 108 Å². The average molecular weight is 437 g/mol. The van der Waals surface area contributed by atoms with E-state index in [9.17, 15) is 4.79 Å². The third-order valence-electron chi connectivity index (χ3n) is 4.66. The molecule has 1 atom stereocenters. The van der Waals surface area contributed by atoms with Gasteiger partial charge in [-0.3, -0.25) is 10.3 Å². The van der Waals surface area contributed by atoms with E-state index in [2.05, 4.69) is 16.4 Å². The number of ether oxygens (including phenoxy) is 2. The summed E-state index contributed by atoms with van der Waals surface area (Å²) in [5.41, 5.74) is 3.18. The maximum absolute atomic E-state index is 12.1. The molecule has 1 aliphatic carbocycles. The van der Waals surface area contributed by atoms with Gasteiger partial charge in [-0.2, -0.15) is 5.26 Å². The zero-order valence-corrected chi connectivity index (χ0v) is 19.7. The predicted molar refractivity (Wildman–Crippen MR) is 125 cm³/mol. The highest BCUT2D eigenvalue weighted by Crippen LogP contribution is 2.34. The van der Waals surface area contributed by atoms with Gasteiger partial charge in [0.15, 0.2) is 0 Å². The first-order valence-electron chi connectivity index (χ1n) is 10.9. The summed E-state index contributed by atoms with van der Waals surface area (Å²) in [6.45, 7) is 11.0. The Morgan fingerprint density at radius 2 is 2.00 bits per heavy atom. The Morgan fingerprint density at radius 1 is 1.28 bits per heavy atom. The summed E-state index contributed by atoms with van der Waals surface area (Å²) in [5.74, 6) is 0.593. The van der Waals surface area contributed by atoms with E-state index in [1.807, 2.05) is 19.9 Å². The van der Waals surface area contributed by atoms with E-state index in [1.165, 1.54) is 0 Å². The predicted octanol–water partition coefficient (Wildman–Crippen LogP) is 6.17. The molecule has 0 saturated heterocycles. The molecule has 2 N–H and O–H groups in total. The number of benzene rings is 1. The van der Waals surface area contributed by atoms with Gasteiger partial charge < -0.3 is 14.9 Å². The molecule has 1 amide bonds. The fraction of sp³-hybridized carbons (Fsp3) is 0.440. The Hall–Kier alpha value is -3.40. The van der Waals surface area contributed by atoms with Crippen molar-refractivity contribution in [2.45, 2.75) is 72.5 Å². The van der Waals surface area contributed by atoms with Crippen LogP contribution in [-0.4, -0.2) is 22.4 Å². The van der Waals surface area contributed by atoms with Crippen LogP contribution in [0.15, 0.2) is 30.5 Å². The maximum Gasteiger partial charge on any atom is 0.412 e. The quantitative estimate of drug-likeness (QED) is 0.557. The van der Waals surface area contributed by atoms with Gasteiger partial charge in [0.2, 0.25) is 0 Å². The first kappa shape index (κ1) is 24.9. The first-order valence-corrected chi connectivity index (χ1v) is 10.9. The van der Waals surface area contributed by atoms with Crippen LogP contribution in [-0.2, 0) is 11.2 Å². The number of nitrogens with one attached hydrogen (secondary N) is 2. The van der Waals surface area contributed by atoms with Crippen molar-refractivity contribution in [2.75, 3.05) is 5.32 Å². The lowest BCUT2D eigenvalue weighted by molar-refractivity contribution is 0.0636. The molecule has 2 aromatic rings. The minimum Gasteiger partial charge on any atom is -0.484 e. The van der Waals surface area contributed by atoms with Crippen LogP contribution in [0.2, 0.25) is 0 Å². The number of aryl methyl sites for hydroxylation is 1. The minimum atomic E-state index is -0.611. The van der Waals surface area contributed by atoms with E-state index in [-0.39, 0.29) is 6.10 Å². The number of nitrogens with zero attached hydrogens (tertiary/aromatic N) is 2. The van der Waals surface area contributed by atoms with Crippen LogP contribution in [0.4, 0.5) is 10.5 Å². The van der Waals surface area contributed by atoms with Crippen LogP contribution in [0.5, 0.6) is 5.75 Å². The van der Waals surface area contributed by atoms with Gasteiger partial charge in [-0.15, -0.1) is 0 Å². The molecule has 32 heavy (non-hydrogen) atoms. The lowest BCUT2D eigenvalue weighted by Gasteiger charge is -2.26. The third kappa shape index (κ3) is 6.55. The van der Waals surface area contributed by atoms with Crippen LogP contribution in [0.3, 0.4) is 0 Å². The second-order valence-corrected chi connectivity index (χ2v) is 8.34. The maximum atomic E-state index is 12.1.